The molecule has 6 nitrogen and oxygen atoms in total. The van der Waals surface area contributed by atoms with Crippen LogP contribution in [0, 0.1) is 15.9 Å². The molecule has 1 fully saturated rings. The number of nitrogens with one attached hydrogen (secondary N) is 1. The Kier molecular flexibility index (Phi) is 7.30. The van der Waals surface area contributed by atoms with Gasteiger partial charge >= 0.3 is 6.18 Å². The Bertz CT molecular complexity index is 1100. The van der Waals surface area contributed by atoms with Crippen molar-refractivity contribution in [1.82, 2.24) is 4.90 Å². The van der Waals surface area contributed by atoms with Crippen LogP contribution in [0.3, 0.4) is 0 Å². The molecule has 1 heterocycles. The van der Waals surface area contributed by atoms with Crippen LogP contribution in [0.1, 0.15) is 42.4 Å². The van der Waals surface area contributed by atoms with Crippen LogP contribution >= 0.6 is 0 Å². The van der Waals surface area contributed by atoms with E-state index in [1.54, 1.807) is 6.07 Å². The summed E-state index contributed by atoms with van der Waals surface area (Å²) in [5, 5.41) is 14.0. The number of rotatable bonds is 7. The zero-order valence-electron chi connectivity index (χ0n) is 19.1. The van der Waals surface area contributed by atoms with E-state index in [4.69, 9.17) is 4.74 Å². The fraction of sp³-hybridized carbons (Fsp3) is 0.440. The minimum atomic E-state index is -4.80. The molecule has 2 aliphatic rings. The van der Waals surface area contributed by atoms with Crippen molar-refractivity contribution in [3.05, 3.63) is 81.3 Å². The van der Waals surface area contributed by atoms with Gasteiger partial charge in [0.1, 0.15) is 11.4 Å². The number of anilines is 1. The summed E-state index contributed by atoms with van der Waals surface area (Å²) < 4.78 is 59.1. The molecule has 4 rings (SSSR count). The first-order valence-electron chi connectivity index (χ1n) is 11.5. The van der Waals surface area contributed by atoms with Crippen LogP contribution in [-0.4, -0.2) is 35.1 Å². The Labute approximate surface area is 200 Å². The third-order valence-electron chi connectivity index (χ3n) is 6.66. The van der Waals surface area contributed by atoms with E-state index in [0.717, 1.165) is 54.8 Å². The van der Waals surface area contributed by atoms with Crippen molar-refractivity contribution in [1.29, 1.82) is 0 Å². The highest BCUT2D eigenvalue weighted by Crippen LogP contribution is 2.38. The van der Waals surface area contributed by atoms with E-state index in [9.17, 15) is 27.7 Å². The number of benzene rings is 2. The lowest BCUT2D eigenvalue weighted by Gasteiger charge is -2.34. The Hall–Kier alpha value is -3.14. The minimum absolute atomic E-state index is 0.0265. The SMILES string of the molecule is C=C(COC1CCC(Nc2ccc([N+](=O)[O-])c(C(F)(F)F)c2)CC1)N1CCc2cc(F)ccc2C1. The van der Waals surface area contributed by atoms with E-state index >= 15 is 0 Å². The normalized spacial score (nSPS) is 20.3. The van der Waals surface area contributed by atoms with Crippen LogP contribution in [0.25, 0.3) is 0 Å². The third kappa shape index (κ3) is 6.11. The average molecular weight is 494 g/mol. The molecule has 2 aromatic rings. The van der Waals surface area contributed by atoms with Gasteiger partial charge in [-0.25, -0.2) is 4.39 Å². The minimum Gasteiger partial charge on any atom is -0.382 e. The molecule has 188 valence electrons. The van der Waals surface area contributed by atoms with E-state index in [0.29, 0.717) is 26.0 Å². The quantitative estimate of drug-likeness (QED) is 0.288. The highest BCUT2D eigenvalue weighted by Gasteiger charge is 2.38. The van der Waals surface area contributed by atoms with Crippen LogP contribution in [0.2, 0.25) is 0 Å². The molecule has 0 amide bonds. The largest absolute Gasteiger partial charge is 0.423 e. The number of hydrogen-bond acceptors (Lipinski definition) is 5. The molecular formula is C25H27F4N3O3. The van der Waals surface area contributed by atoms with Crippen LogP contribution in [0.4, 0.5) is 28.9 Å². The van der Waals surface area contributed by atoms with Gasteiger partial charge < -0.3 is 15.0 Å². The van der Waals surface area contributed by atoms with Gasteiger partial charge in [-0.05, 0) is 67.5 Å². The molecule has 0 spiro atoms. The summed E-state index contributed by atoms with van der Waals surface area (Å²) in [4.78, 5) is 12.0. The Morgan fingerprint density at radius 1 is 1.14 bits per heavy atom. The summed E-state index contributed by atoms with van der Waals surface area (Å²) in [5.74, 6) is -0.223. The summed E-state index contributed by atoms with van der Waals surface area (Å²) in [6.07, 6.45) is -1.13. The second-order valence-corrected chi connectivity index (χ2v) is 9.07. The lowest BCUT2D eigenvalue weighted by atomic mass is 9.92. The topological polar surface area (TPSA) is 67.6 Å². The number of nitro benzene ring substituents is 1. The molecule has 1 aliphatic heterocycles. The molecule has 0 saturated heterocycles. The van der Waals surface area contributed by atoms with Gasteiger partial charge in [-0.15, -0.1) is 0 Å². The number of ether oxygens (including phenoxy) is 1. The highest BCUT2D eigenvalue weighted by molar-refractivity contribution is 5.55. The van der Waals surface area contributed by atoms with Crippen molar-refractivity contribution in [3.8, 4) is 0 Å². The Balaban J connectivity index is 1.25. The number of fused-ring (bicyclic) bond motifs is 1. The predicted octanol–water partition coefficient (Wildman–Crippen LogP) is 6.06. The molecule has 1 saturated carbocycles. The monoisotopic (exact) mass is 493 g/mol. The predicted molar refractivity (Wildman–Crippen MR) is 123 cm³/mol. The highest BCUT2D eigenvalue weighted by atomic mass is 19.4. The molecule has 1 aliphatic carbocycles. The van der Waals surface area contributed by atoms with Crippen molar-refractivity contribution in [2.45, 2.75) is 57.0 Å². The van der Waals surface area contributed by atoms with Crippen molar-refractivity contribution >= 4 is 11.4 Å². The number of nitrogens with zero attached hydrogens (tertiary/aromatic N) is 2. The molecule has 10 heteroatoms. The second-order valence-electron chi connectivity index (χ2n) is 9.07. The molecule has 0 aromatic heterocycles. The Morgan fingerprint density at radius 2 is 1.89 bits per heavy atom. The maximum atomic E-state index is 13.4. The molecule has 2 aromatic carbocycles. The average Bonchev–Trinajstić information content (AvgIpc) is 2.82. The van der Waals surface area contributed by atoms with Gasteiger partial charge in [0.15, 0.2) is 0 Å². The maximum absolute atomic E-state index is 13.4. The zero-order chi connectivity index (χ0) is 25.2. The second kappa shape index (κ2) is 10.2. The summed E-state index contributed by atoms with van der Waals surface area (Å²) >= 11 is 0. The van der Waals surface area contributed by atoms with Crippen molar-refractivity contribution < 1.29 is 27.2 Å². The Morgan fingerprint density at radius 3 is 2.57 bits per heavy atom. The first-order valence-corrected chi connectivity index (χ1v) is 11.5. The van der Waals surface area contributed by atoms with Gasteiger partial charge in [-0.3, -0.25) is 10.1 Å². The number of halogens is 4. The standard InChI is InChI=1S/C25H27F4N3O3/c1-16(31-11-10-17-12-19(26)3-2-18(17)14-31)15-35-22-7-4-20(5-8-22)30-21-6-9-24(32(33)34)23(13-21)25(27,28)29/h2-3,6,9,12-13,20,22,30H,1,4-5,7-8,10-11,14-15H2. The number of hydrogen-bond donors (Lipinski definition) is 1. The van der Waals surface area contributed by atoms with E-state index in [-0.39, 0.29) is 23.7 Å². The molecule has 35 heavy (non-hydrogen) atoms. The van der Waals surface area contributed by atoms with Gasteiger partial charge in [-0.1, -0.05) is 12.6 Å². The zero-order valence-corrected chi connectivity index (χ0v) is 19.1. The molecule has 0 unspecified atom stereocenters. The molecule has 0 atom stereocenters. The van der Waals surface area contributed by atoms with Crippen molar-refractivity contribution in [2.24, 2.45) is 0 Å². The third-order valence-corrected chi connectivity index (χ3v) is 6.66. The summed E-state index contributed by atoms with van der Waals surface area (Å²) in [7, 11) is 0. The molecule has 0 bridgehead atoms. The van der Waals surface area contributed by atoms with Gasteiger partial charge in [0.05, 0.1) is 17.6 Å². The lowest BCUT2D eigenvalue weighted by Crippen LogP contribution is -2.34. The van der Waals surface area contributed by atoms with E-state index in [1.165, 1.54) is 12.1 Å². The van der Waals surface area contributed by atoms with Gasteiger partial charge in [0.2, 0.25) is 0 Å². The smallest absolute Gasteiger partial charge is 0.382 e. The van der Waals surface area contributed by atoms with Crippen molar-refractivity contribution in [3.63, 3.8) is 0 Å². The van der Waals surface area contributed by atoms with E-state index in [2.05, 4.69) is 16.8 Å². The number of nitro groups is 1. The maximum Gasteiger partial charge on any atom is 0.423 e. The van der Waals surface area contributed by atoms with Crippen LogP contribution in [0.15, 0.2) is 48.7 Å². The fourth-order valence-corrected chi connectivity index (χ4v) is 4.72. The van der Waals surface area contributed by atoms with Gasteiger partial charge in [0, 0.05) is 36.6 Å². The lowest BCUT2D eigenvalue weighted by molar-refractivity contribution is -0.388. The molecular weight excluding hydrogens is 466 g/mol. The summed E-state index contributed by atoms with van der Waals surface area (Å²) in [5.41, 5.74) is 0.983. The van der Waals surface area contributed by atoms with E-state index < -0.39 is 22.4 Å². The van der Waals surface area contributed by atoms with Crippen LogP contribution in [0.5, 0.6) is 0 Å². The first-order chi connectivity index (χ1) is 16.6. The van der Waals surface area contributed by atoms with Crippen LogP contribution in [-0.2, 0) is 23.9 Å². The van der Waals surface area contributed by atoms with Crippen molar-refractivity contribution in [2.75, 3.05) is 18.5 Å². The van der Waals surface area contributed by atoms with Gasteiger partial charge in [-0.2, -0.15) is 13.2 Å². The number of alkyl halides is 3. The first kappa shape index (κ1) is 25.0. The van der Waals surface area contributed by atoms with Crippen LogP contribution < -0.4 is 5.32 Å². The molecule has 0 radical (unpaired) electrons. The van der Waals surface area contributed by atoms with Gasteiger partial charge in [0.25, 0.3) is 5.69 Å². The summed E-state index contributed by atoms with van der Waals surface area (Å²) in [6.45, 7) is 5.96. The van der Waals surface area contributed by atoms with E-state index in [1.807, 2.05) is 6.07 Å². The molecule has 1 N–H and O–H groups in total. The summed E-state index contributed by atoms with van der Waals surface area (Å²) in [6, 6.07) is 7.82. The fourth-order valence-electron chi connectivity index (χ4n) is 4.72.